The molecule has 2 heterocycles. The van der Waals surface area contributed by atoms with Gasteiger partial charge in [-0.05, 0) is 14.0 Å². The maximum Gasteiger partial charge on any atom is 0.0951 e. The van der Waals surface area contributed by atoms with E-state index in [1.54, 1.807) is 0 Å². The fourth-order valence-corrected chi connectivity index (χ4v) is 1.93. The van der Waals surface area contributed by atoms with E-state index in [-0.39, 0.29) is 0 Å². The molecule has 1 fully saturated rings. The number of hydrogen-bond donors (Lipinski definition) is 1. The van der Waals surface area contributed by atoms with Crippen molar-refractivity contribution in [2.75, 3.05) is 33.2 Å². The monoisotopic (exact) mass is 228 g/mol. The van der Waals surface area contributed by atoms with E-state index >= 15 is 0 Å². The lowest BCUT2D eigenvalue weighted by atomic mass is 10.3. The molecule has 2 rings (SSSR count). The number of hydrogen-bond acceptors (Lipinski definition) is 3. The molecule has 1 aliphatic rings. The Labute approximate surface area is 95.2 Å². The van der Waals surface area contributed by atoms with Gasteiger partial charge in [0.1, 0.15) is 0 Å². The van der Waals surface area contributed by atoms with Crippen LogP contribution in [0.3, 0.4) is 0 Å². The Morgan fingerprint density at radius 1 is 1.33 bits per heavy atom. The van der Waals surface area contributed by atoms with Crippen LogP contribution in [0.25, 0.3) is 0 Å². The molecule has 0 spiro atoms. The molecular formula is C10H17ClN4. The first-order valence-electron chi connectivity index (χ1n) is 5.27. The van der Waals surface area contributed by atoms with Crippen LogP contribution in [-0.4, -0.2) is 53.2 Å². The summed E-state index contributed by atoms with van der Waals surface area (Å²) in [5.41, 5.74) is 1.93. The van der Waals surface area contributed by atoms with E-state index in [1.165, 1.54) is 0 Å². The van der Waals surface area contributed by atoms with E-state index < -0.39 is 0 Å². The van der Waals surface area contributed by atoms with Gasteiger partial charge in [-0.15, -0.1) is 0 Å². The van der Waals surface area contributed by atoms with Crippen molar-refractivity contribution in [3.63, 3.8) is 0 Å². The van der Waals surface area contributed by atoms with E-state index in [1.807, 2.05) is 6.92 Å². The molecule has 84 valence electrons. The Bertz CT molecular complexity index is 328. The van der Waals surface area contributed by atoms with Gasteiger partial charge in [-0.25, -0.2) is 0 Å². The number of aromatic amines is 1. The average molecular weight is 229 g/mol. The molecule has 5 heteroatoms. The molecule has 0 atom stereocenters. The molecule has 0 bridgehead atoms. The first-order valence-corrected chi connectivity index (χ1v) is 5.65. The van der Waals surface area contributed by atoms with E-state index in [2.05, 4.69) is 27.0 Å². The minimum Gasteiger partial charge on any atom is -0.304 e. The Hall–Kier alpha value is -0.580. The molecule has 0 saturated carbocycles. The molecule has 15 heavy (non-hydrogen) atoms. The molecule has 0 unspecified atom stereocenters. The smallest absolute Gasteiger partial charge is 0.0951 e. The van der Waals surface area contributed by atoms with E-state index in [4.69, 9.17) is 11.6 Å². The molecule has 4 nitrogen and oxygen atoms in total. The highest BCUT2D eigenvalue weighted by Gasteiger charge is 2.16. The standard InChI is InChI=1S/C10H17ClN4/c1-8-10(11)9(13-12-8)7-15-5-3-14(2)4-6-15/h3-7H2,1-2H3,(H,12,13). The topological polar surface area (TPSA) is 35.2 Å². The van der Waals surface area contributed by atoms with Gasteiger partial charge in [0.25, 0.3) is 0 Å². The third kappa shape index (κ3) is 2.51. The number of rotatable bonds is 2. The molecular weight excluding hydrogens is 212 g/mol. The van der Waals surface area contributed by atoms with Crippen LogP contribution in [0, 0.1) is 6.92 Å². The Kier molecular flexibility index (Phi) is 3.29. The second kappa shape index (κ2) is 4.51. The van der Waals surface area contributed by atoms with Gasteiger partial charge in [-0.3, -0.25) is 10.00 Å². The lowest BCUT2D eigenvalue weighted by Crippen LogP contribution is -2.43. The van der Waals surface area contributed by atoms with Crippen molar-refractivity contribution >= 4 is 11.6 Å². The first kappa shape index (κ1) is 10.9. The Morgan fingerprint density at radius 3 is 2.53 bits per heavy atom. The molecule has 1 aromatic rings. The minimum atomic E-state index is 0.786. The van der Waals surface area contributed by atoms with Crippen molar-refractivity contribution in [2.45, 2.75) is 13.5 Å². The summed E-state index contributed by atoms with van der Waals surface area (Å²) in [4.78, 5) is 4.73. The predicted octanol–water partition coefficient (Wildman–Crippen LogP) is 1.12. The van der Waals surface area contributed by atoms with Gasteiger partial charge in [0.15, 0.2) is 0 Å². The van der Waals surface area contributed by atoms with Gasteiger partial charge >= 0.3 is 0 Å². The number of H-pyrrole nitrogens is 1. The summed E-state index contributed by atoms with van der Waals surface area (Å²) in [5, 5.41) is 7.92. The average Bonchev–Trinajstić information content (AvgIpc) is 2.53. The fraction of sp³-hybridized carbons (Fsp3) is 0.700. The summed E-state index contributed by atoms with van der Waals surface area (Å²) in [7, 11) is 2.16. The van der Waals surface area contributed by atoms with Crippen LogP contribution in [0.2, 0.25) is 5.02 Å². The SMILES string of the molecule is Cc1[nH]nc(CN2CCN(C)CC2)c1Cl. The van der Waals surface area contributed by atoms with Crippen LogP contribution in [-0.2, 0) is 6.54 Å². The van der Waals surface area contributed by atoms with Crippen LogP contribution >= 0.6 is 11.6 Å². The lowest BCUT2D eigenvalue weighted by Gasteiger charge is -2.31. The molecule has 1 saturated heterocycles. The van der Waals surface area contributed by atoms with Crippen LogP contribution in [0.1, 0.15) is 11.4 Å². The zero-order valence-corrected chi connectivity index (χ0v) is 10.0. The molecule has 0 radical (unpaired) electrons. The van der Waals surface area contributed by atoms with Crippen LogP contribution in [0.15, 0.2) is 0 Å². The number of likely N-dealkylation sites (N-methyl/N-ethyl adjacent to an activating group) is 1. The van der Waals surface area contributed by atoms with Crippen LogP contribution in [0.4, 0.5) is 0 Å². The molecule has 0 aliphatic carbocycles. The number of halogens is 1. The zero-order chi connectivity index (χ0) is 10.8. The van der Waals surface area contributed by atoms with Gasteiger partial charge < -0.3 is 4.90 Å². The van der Waals surface area contributed by atoms with Gasteiger partial charge in [-0.2, -0.15) is 5.10 Å². The summed E-state index contributed by atoms with van der Waals surface area (Å²) in [6.07, 6.45) is 0. The predicted molar refractivity (Wildman–Crippen MR) is 61.1 cm³/mol. The highest BCUT2D eigenvalue weighted by Crippen LogP contribution is 2.19. The maximum atomic E-state index is 6.13. The third-order valence-corrected chi connectivity index (χ3v) is 3.41. The largest absolute Gasteiger partial charge is 0.304 e. The third-order valence-electron chi connectivity index (χ3n) is 2.91. The second-order valence-electron chi connectivity index (χ2n) is 4.19. The van der Waals surface area contributed by atoms with Crippen molar-refractivity contribution in [1.29, 1.82) is 0 Å². The normalized spacial score (nSPS) is 19.7. The van der Waals surface area contributed by atoms with Crippen molar-refractivity contribution < 1.29 is 0 Å². The summed E-state index contributed by atoms with van der Waals surface area (Å²) < 4.78 is 0. The van der Waals surface area contributed by atoms with Gasteiger partial charge in [-0.1, -0.05) is 11.6 Å². The maximum absolute atomic E-state index is 6.13. The zero-order valence-electron chi connectivity index (χ0n) is 9.26. The van der Waals surface area contributed by atoms with Crippen molar-refractivity contribution in [3.05, 3.63) is 16.4 Å². The lowest BCUT2D eigenvalue weighted by molar-refractivity contribution is 0.147. The van der Waals surface area contributed by atoms with E-state index in [9.17, 15) is 0 Å². The van der Waals surface area contributed by atoms with Crippen molar-refractivity contribution in [1.82, 2.24) is 20.0 Å². The van der Waals surface area contributed by atoms with Crippen molar-refractivity contribution in [2.24, 2.45) is 0 Å². The number of nitrogens with zero attached hydrogens (tertiary/aromatic N) is 3. The first-order chi connectivity index (χ1) is 7.16. The Balaban J connectivity index is 1.94. The molecule has 1 aromatic heterocycles. The fourth-order valence-electron chi connectivity index (χ4n) is 1.79. The Morgan fingerprint density at radius 2 is 2.00 bits per heavy atom. The number of piperazine rings is 1. The van der Waals surface area contributed by atoms with Crippen LogP contribution in [0.5, 0.6) is 0 Å². The molecule has 0 aromatic carbocycles. The number of aryl methyl sites for hydroxylation is 1. The molecule has 0 amide bonds. The number of nitrogens with one attached hydrogen (secondary N) is 1. The van der Waals surface area contributed by atoms with Gasteiger partial charge in [0, 0.05) is 32.7 Å². The number of aromatic nitrogens is 2. The van der Waals surface area contributed by atoms with Crippen LogP contribution < -0.4 is 0 Å². The quantitative estimate of drug-likeness (QED) is 0.824. The second-order valence-corrected chi connectivity index (χ2v) is 4.57. The summed E-state index contributed by atoms with van der Waals surface area (Å²) in [6.45, 7) is 7.25. The molecule has 1 aliphatic heterocycles. The van der Waals surface area contributed by atoms with Crippen molar-refractivity contribution in [3.8, 4) is 0 Å². The summed E-state index contributed by atoms with van der Waals surface area (Å²) in [5.74, 6) is 0. The van der Waals surface area contributed by atoms with E-state index in [0.717, 1.165) is 49.1 Å². The highest BCUT2D eigenvalue weighted by atomic mass is 35.5. The highest BCUT2D eigenvalue weighted by molar-refractivity contribution is 6.31. The van der Waals surface area contributed by atoms with Gasteiger partial charge in [0.2, 0.25) is 0 Å². The molecule has 1 N–H and O–H groups in total. The van der Waals surface area contributed by atoms with E-state index in [0.29, 0.717) is 0 Å². The summed E-state index contributed by atoms with van der Waals surface area (Å²) >= 11 is 6.13. The summed E-state index contributed by atoms with van der Waals surface area (Å²) in [6, 6.07) is 0. The van der Waals surface area contributed by atoms with Gasteiger partial charge in [0.05, 0.1) is 16.4 Å². The minimum absolute atomic E-state index is 0.786.